The van der Waals surface area contributed by atoms with Crippen LogP contribution in [0.5, 0.6) is 11.5 Å². The molecule has 0 spiro atoms. The SMILES string of the molecule is COc1cc(C(=O)NNC(=O)CC2CC3CCC2C3)ccc1OC(C)C. The zero-order valence-corrected chi connectivity index (χ0v) is 15.7. The Balaban J connectivity index is 1.52. The van der Waals surface area contributed by atoms with Crippen LogP contribution in [0.1, 0.15) is 56.3 Å². The molecule has 2 saturated carbocycles. The molecule has 2 fully saturated rings. The van der Waals surface area contributed by atoms with E-state index in [0.29, 0.717) is 35.3 Å². The van der Waals surface area contributed by atoms with E-state index < -0.39 is 0 Å². The van der Waals surface area contributed by atoms with Crippen LogP contribution in [0.2, 0.25) is 0 Å². The van der Waals surface area contributed by atoms with Gasteiger partial charge in [0.2, 0.25) is 5.91 Å². The van der Waals surface area contributed by atoms with E-state index >= 15 is 0 Å². The lowest BCUT2D eigenvalue weighted by molar-refractivity contribution is -0.123. The number of methoxy groups -OCH3 is 1. The number of ether oxygens (including phenoxy) is 2. The van der Waals surface area contributed by atoms with E-state index in [2.05, 4.69) is 10.9 Å². The van der Waals surface area contributed by atoms with Crippen molar-refractivity contribution in [2.75, 3.05) is 7.11 Å². The normalized spacial score (nSPS) is 23.8. The third-order valence-electron chi connectivity index (χ3n) is 5.44. The third-order valence-corrected chi connectivity index (χ3v) is 5.44. The van der Waals surface area contributed by atoms with Crippen molar-refractivity contribution in [3.8, 4) is 11.5 Å². The Morgan fingerprint density at radius 2 is 1.96 bits per heavy atom. The van der Waals surface area contributed by atoms with Gasteiger partial charge < -0.3 is 9.47 Å². The van der Waals surface area contributed by atoms with Gasteiger partial charge in [0.1, 0.15) is 0 Å². The largest absolute Gasteiger partial charge is 0.493 e. The summed E-state index contributed by atoms with van der Waals surface area (Å²) in [5, 5.41) is 0. The van der Waals surface area contributed by atoms with Crippen molar-refractivity contribution < 1.29 is 19.1 Å². The topological polar surface area (TPSA) is 76.7 Å². The van der Waals surface area contributed by atoms with Crippen LogP contribution in [0.4, 0.5) is 0 Å². The molecular weight excluding hydrogens is 332 g/mol. The highest BCUT2D eigenvalue weighted by molar-refractivity contribution is 5.96. The number of hydrazine groups is 1. The number of rotatable bonds is 6. The Kier molecular flexibility index (Phi) is 5.69. The number of carbonyl (C=O) groups is 2. The molecular formula is C20H28N2O4. The van der Waals surface area contributed by atoms with Crippen molar-refractivity contribution in [1.29, 1.82) is 0 Å². The van der Waals surface area contributed by atoms with Crippen molar-refractivity contribution >= 4 is 11.8 Å². The van der Waals surface area contributed by atoms with Gasteiger partial charge in [0.25, 0.3) is 5.91 Å². The van der Waals surface area contributed by atoms with Gasteiger partial charge >= 0.3 is 0 Å². The summed E-state index contributed by atoms with van der Waals surface area (Å²) in [6.45, 7) is 3.84. The summed E-state index contributed by atoms with van der Waals surface area (Å²) in [6.07, 6.45) is 5.49. The number of benzene rings is 1. The van der Waals surface area contributed by atoms with E-state index in [9.17, 15) is 9.59 Å². The summed E-state index contributed by atoms with van der Waals surface area (Å²) in [4.78, 5) is 24.4. The molecule has 0 aliphatic heterocycles. The molecule has 1 aromatic carbocycles. The van der Waals surface area contributed by atoms with Gasteiger partial charge in [-0.2, -0.15) is 0 Å². The Labute approximate surface area is 154 Å². The van der Waals surface area contributed by atoms with Crippen molar-refractivity contribution in [3.05, 3.63) is 23.8 Å². The highest BCUT2D eigenvalue weighted by Gasteiger charge is 2.40. The maximum Gasteiger partial charge on any atom is 0.269 e. The summed E-state index contributed by atoms with van der Waals surface area (Å²) >= 11 is 0. The molecule has 2 aliphatic rings. The maximum absolute atomic E-state index is 12.3. The van der Waals surface area contributed by atoms with Crippen LogP contribution in [0.15, 0.2) is 18.2 Å². The molecule has 2 aliphatic carbocycles. The molecule has 0 aromatic heterocycles. The van der Waals surface area contributed by atoms with Gasteiger partial charge in [-0.25, -0.2) is 0 Å². The number of hydrogen-bond acceptors (Lipinski definition) is 4. The van der Waals surface area contributed by atoms with Gasteiger partial charge in [-0.05, 0) is 69.1 Å². The van der Waals surface area contributed by atoms with E-state index in [0.717, 1.165) is 12.3 Å². The van der Waals surface area contributed by atoms with Crippen LogP contribution >= 0.6 is 0 Å². The predicted molar refractivity (Wildman–Crippen MR) is 97.9 cm³/mol. The van der Waals surface area contributed by atoms with Gasteiger partial charge in [-0.3, -0.25) is 20.4 Å². The maximum atomic E-state index is 12.3. The van der Waals surface area contributed by atoms with E-state index in [4.69, 9.17) is 9.47 Å². The second-order valence-corrected chi connectivity index (χ2v) is 7.67. The first-order valence-electron chi connectivity index (χ1n) is 9.40. The Morgan fingerprint density at radius 3 is 2.58 bits per heavy atom. The minimum atomic E-state index is -0.374. The number of hydrogen-bond donors (Lipinski definition) is 2. The molecule has 2 bridgehead atoms. The smallest absolute Gasteiger partial charge is 0.269 e. The van der Waals surface area contributed by atoms with Gasteiger partial charge in [0.05, 0.1) is 13.2 Å². The van der Waals surface area contributed by atoms with Gasteiger partial charge in [0, 0.05) is 12.0 Å². The summed E-state index contributed by atoms with van der Waals surface area (Å²) in [6, 6.07) is 4.96. The molecule has 26 heavy (non-hydrogen) atoms. The zero-order chi connectivity index (χ0) is 18.7. The number of fused-ring (bicyclic) bond motifs is 2. The molecule has 3 atom stereocenters. The van der Waals surface area contributed by atoms with Crippen LogP contribution in [-0.2, 0) is 4.79 Å². The predicted octanol–water partition coefficient (Wildman–Crippen LogP) is 3.07. The van der Waals surface area contributed by atoms with Crippen LogP contribution in [-0.4, -0.2) is 25.0 Å². The molecule has 3 rings (SSSR count). The molecule has 2 amide bonds. The van der Waals surface area contributed by atoms with Crippen LogP contribution in [0, 0.1) is 17.8 Å². The summed E-state index contributed by atoms with van der Waals surface area (Å²) < 4.78 is 10.9. The Hall–Kier alpha value is -2.24. The number of amides is 2. The van der Waals surface area contributed by atoms with E-state index in [1.807, 2.05) is 13.8 Å². The van der Waals surface area contributed by atoms with E-state index in [1.165, 1.54) is 26.4 Å². The molecule has 6 heteroatoms. The Bertz CT molecular complexity index is 674. The lowest BCUT2D eigenvalue weighted by Gasteiger charge is -2.21. The van der Waals surface area contributed by atoms with Crippen LogP contribution < -0.4 is 20.3 Å². The molecule has 0 heterocycles. The molecule has 2 N–H and O–H groups in total. The average Bonchev–Trinajstić information content (AvgIpc) is 3.22. The molecule has 0 saturated heterocycles. The average molecular weight is 360 g/mol. The molecule has 1 aromatic rings. The fourth-order valence-electron chi connectivity index (χ4n) is 4.27. The highest BCUT2D eigenvalue weighted by Crippen LogP contribution is 2.49. The van der Waals surface area contributed by atoms with Crippen molar-refractivity contribution in [2.24, 2.45) is 17.8 Å². The van der Waals surface area contributed by atoms with Crippen LogP contribution in [0.25, 0.3) is 0 Å². The lowest BCUT2D eigenvalue weighted by Crippen LogP contribution is -2.42. The second-order valence-electron chi connectivity index (χ2n) is 7.67. The lowest BCUT2D eigenvalue weighted by atomic mass is 9.86. The molecule has 6 nitrogen and oxygen atoms in total. The molecule has 3 unspecified atom stereocenters. The first kappa shape index (κ1) is 18.5. The van der Waals surface area contributed by atoms with Gasteiger partial charge in [0.15, 0.2) is 11.5 Å². The van der Waals surface area contributed by atoms with Gasteiger partial charge in [-0.15, -0.1) is 0 Å². The first-order valence-corrected chi connectivity index (χ1v) is 9.40. The van der Waals surface area contributed by atoms with Crippen LogP contribution in [0.3, 0.4) is 0 Å². The van der Waals surface area contributed by atoms with E-state index in [1.54, 1.807) is 18.2 Å². The minimum Gasteiger partial charge on any atom is -0.493 e. The van der Waals surface area contributed by atoms with E-state index in [-0.39, 0.29) is 17.9 Å². The quantitative estimate of drug-likeness (QED) is 0.765. The van der Waals surface area contributed by atoms with Crippen molar-refractivity contribution in [1.82, 2.24) is 10.9 Å². The monoisotopic (exact) mass is 360 g/mol. The fourth-order valence-corrected chi connectivity index (χ4v) is 4.27. The summed E-state index contributed by atoms with van der Waals surface area (Å²) in [7, 11) is 1.53. The van der Waals surface area contributed by atoms with Crippen molar-refractivity contribution in [3.63, 3.8) is 0 Å². The molecule has 0 radical (unpaired) electrons. The standard InChI is InChI=1S/C20H28N2O4/c1-12(2)26-17-7-6-15(10-18(17)25-3)20(24)22-21-19(23)11-16-9-13-4-5-14(16)8-13/h6-7,10,12-14,16H,4-5,8-9,11H2,1-3H3,(H,21,23)(H,22,24). The first-order chi connectivity index (χ1) is 12.5. The third kappa shape index (κ3) is 4.29. The van der Waals surface area contributed by atoms with Crippen molar-refractivity contribution in [2.45, 2.75) is 52.1 Å². The number of carbonyl (C=O) groups excluding carboxylic acids is 2. The fraction of sp³-hybridized carbons (Fsp3) is 0.600. The molecule has 142 valence electrons. The highest BCUT2D eigenvalue weighted by atomic mass is 16.5. The van der Waals surface area contributed by atoms with Gasteiger partial charge in [-0.1, -0.05) is 6.42 Å². The Morgan fingerprint density at radius 1 is 1.15 bits per heavy atom. The summed E-state index contributed by atoms with van der Waals surface area (Å²) in [5.41, 5.74) is 5.44. The second kappa shape index (κ2) is 7.98. The summed E-state index contributed by atoms with van der Waals surface area (Å²) in [5.74, 6) is 2.55. The minimum absolute atomic E-state index is 0.00807. The zero-order valence-electron chi connectivity index (χ0n) is 15.7. The number of nitrogens with one attached hydrogen (secondary N) is 2.